The first kappa shape index (κ1) is 10.7. The van der Waals surface area contributed by atoms with Gasteiger partial charge in [0.1, 0.15) is 0 Å². The van der Waals surface area contributed by atoms with E-state index in [1.54, 1.807) is 0 Å². The Hall–Kier alpha value is -0.340. The van der Waals surface area contributed by atoms with Crippen LogP contribution in [-0.2, 0) is 10.0 Å². The van der Waals surface area contributed by atoms with Crippen molar-refractivity contribution < 1.29 is 21.6 Å². The van der Waals surface area contributed by atoms with Crippen LogP contribution in [0.3, 0.4) is 0 Å². The van der Waals surface area contributed by atoms with E-state index >= 15 is 0 Å². The van der Waals surface area contributed by atoms with Crippen LogP contribution in [0.2, 0.25) is 0 Å². The molecular weight excluding hydrogens is 209 g/mol. The van der Waals surface area contributed by atoms with Crippen LogP contribution in [0.5, 0.6) is 0 Å². The summed E-state index contributed by atoms with van der Waals surface area (Å²) in [6.07, 6.45) is 0.270. The highest BCUT2D eigenvalue weighted by Crippen LogP contribution is 2.22. The molecule has 2 N–H and O–H groups in total. The number of halogens is 3. The molecule has 0 bridgehead atoms. The average molecular weight is 218 g/mol. The standard InChI is InChI=1S/C5H9F3N2O2S/c6-5(7,8)13(11,12)10-4-2-1-3-9-4/h4,9-10H,1-3H2/t4-/m1/s1. The number of nitrogens with one attached hydrogen (secondary N) is 2. The summed E-state index contributed by atoms with van der Waals surface area (Å²) in [4.78, 5) is 0. The normalized spacial score (nSPS) is 25.0. The molecule has 0 radical (unpaired) electrons. The van der Waals surface area contributed by atoms with Gasteiger partial charge in [0, 0.05) is 0 Å². The minimum Gasteiger partial charge on any atom is -0.301 e. The highest BCUT2D eigenvalue weighted by atomic mass is 32.2. The SMILES string of the molecule is O=S(=O)(N[C@@H]1CCCN1)C(F)(F)F. The predicted octanol–water partition coefficient (Wildman–Crippen LogP) is 0.135. The summed E-state index contributed by atoms with van der Waals surface area (Å²) in [5.74, 6) is 0. The fraction of sp³-hybridized carbons (Fsp3) is 1.00. The van der Waals surface area contributed by atoms with Crippen LogP contribution in [0.4, 0.5) is 13.2 Å². The number of hydrogen-bond donors (Lipinski definition) is 2. The lowest BCUT2D eigenvalue weighted by molar-refractivity contribution is -0.0451. The van der Waals surface area contributed by atoms with Crippen molar-refractivity contribution in [3.8, 4) is 0 Å². The molecule has 1 saturated heterocycles. The Labute approximate surface area is 73.6 Å². The number of alkyl halides is 3. The summed E-state index contributed by atoms with van der Waals surface area (Å²) in [5, 5.41) is 2.59. The number of sulfonamides is 1. The second-order valence-electron chi connectivity index (χ2n) is 2.72. The molecule has 0 aliphatic carbocycles. The average Bonchev–Trinajstić information content (AvgIpc) is 2.35. The van der Waals surface area contributed by atoms with Gasteiger partial charge in [-0.05, 0) is 19.4 Å². The van der Waals surface area contributed by atoms with Crippen LogP contribution in [0.25, 0.3) is 0 Å². The summed E-state index contributed by atoms with van der Waals surface area (Å²) >= 11 is 0. The van der Waals surface area contributed by atoms with Crippen LogP contribution >= 0.6 is 0 Å². The third-order valence-electron chi connectivity index (χ3n) is 1.66. The van der Waals surface area contributed by atoms with Crippen LogP contribution in [-0.4, -0.2) is 26.6 Å². The fourth-order valence-electron chi connectivity index (χ4n) is 1.04. The largest absolute Gasteiger partial charge is 0.511 e. The molecule has 1 aliphatic heterocycles. The Morgan fingerprint density at radius 2 is 2.00 bits per heavy atom. The van der Waals surface area contributed by atoms with Crippen molar-refractivity contribution in [3.05, 3.63) is 0 Å². The highest BCUT2D eigenvalue weighted by Gasteiger charge is 2.46. The molecule has 8 heteroatoms. The van der Waals surface area contributed by atoms with Gasteiger partial charge in [0.15, 0.2) is 0 Å². The van der Waals surface area contributed by atoms with Gasteiger partial charge in [0.2, 0.25) is 0 Å². The van der Waals surface area contributed by atoms with E-state index in [9.17, 15) is 21.6 Å². The van der Waals surface area contributed by atoms with Crippen molar-refractivity contribution in [1.29, 1.82) is 0 Å². The molecule has 78 valence electrons. The van der Waals surface area contributed by atoms with E-state index in [2.05, 4.69) is 5.32 Å². The molecule has 0 unspecified atom stereocenters. The molecule has 0 aromatic rings. The van der Waals surface area contributed by atoms with Gasteiger partial charge in [0.05, 0.1) is 6.17 Å². The molecule has 13 heavy (non-hydrogen) atoms. The molecule has 1 atom stereocenters. The van der Waals surface area contributed by atoms with E-state index in [0.717, 1.165) is 0 Å². The van der Waals surface area contributed by atoms with Crippen LogP contribution in [0.1, 0.15) is 12.8 Å². The van der Waals surface area contributed by atoms with Crippen LogP contribution in [0, 0.1) is 0 Å². The van der Waals surface area contributed by atoms with Gasteiger partial charge in [-0.25, -0.2) is 8.42 Å². The van der Waals surface area contributed by atoms with Crippen molar-refractivity contribution in [2.45, 2.75) is 24.5 Å². The first-order chi connectivity index (χ1) is 5.83. The van der Waals surface area contributed by atoms with Crippen molar-refractivity contribution >= 4 is 10.0 Å². The Kier molecular flexibility index (Phi) is 2.83. The van der Waals surface area contributed by atoms with Crippen LogP contribution in [0.15, 0.2) is 0 Å². The maximum atomic E-state index is 11.8. The third kappa shape index (κ3) is 2.55. The molecule has 0 amide bonds. The summed E-state index contributed by atoms with van der Waals surface area (Å²) in [5.41, 5.74) is -5.22. The lowest BCUT2D eigenvalue weighted by Gasteiger charge is -2.14. The van der Waals surface area contributed by atoms with Gasteiger partial charge in [-0.15, -0.1) is 0 Å². The molecule has 1 fully saturated rings. The second-order valence-corrected chi connectivity index (χ2v) is 4.42. The van der Waals surface area contributed by atoms with Gasteiger partial charge in [-0.2, -0.15) is 17.9 Å². The van der Waals surface area contributed by atoms with E-state index in [1.807, 2.05) is 0 Å². The van der Waals surface area contributed by atoms with E-state index < -0.39 is 21.7 Å². The van der Waals surface area contributed by atoms with E-state index in [4.69, 9.17) is 0 Å². The molecule has 0 aromatic carbocycles. The predicted molar refractivity (Wildman–Crippen MR) is 39.1 cm³/mol. The summed E-state index contributed by atoms with van der Waals surface area (Å²) in [6.45, 7) is 0.533. The quantitative estimate of drug-likeness (QED) is 0.693. The monoisotopic (exact) mass is 218 g/mol. The topological polar surface area (TPSA) is 58.2 Å². The minimum atomic E-state index is -5.22. The molecule has 1 aliphatic rings. The van der Waals surface area contributed by atoms with Gasteiger partial charge in [-0.1, -0.05) is 0 Å². The maximum absolute atomic E-state index is 11.8. The zero-order valence-corrected chi connectivity index (χ0v) is 7.37. The first-order valence-corrected chi connectivity index (χ1v) is 5.13. The van der Waals surface area contributed by atoms with Crippen LogP contribution < -0.4 is 10.0 Å². The van der Waals surface area contributed by atoms with E-state index in [0.29, 0.717) is 19.4 Å². The lowest BCUT2D eigenvalue weighted by atomic mass is 10.3. The van der Waals surface area contributed by atoms with Crippen molar-refractivity contribution in [2.24, 2.45) is 0 Å². The maximum Gasteiger partial charge on any atom is 0.511 e. The molecule has 0 spiro atoms. The van der Waals surface area contributed by atoms with E-state index in [-0.39, 0.29) is 0 Å². The van der Waals surface area contributed by atoms with Crippen molar-refractivity contribution in [2.75, 3.05) is 6.54 Å². The Morgan fingerprint density at radius 1 is 1.38 bits per heavy atom. The second kappa shape index (κ2) is 3.43. The molecule has 0 aromatic heterocycles. The smallest absolute Gasteiger partial charge is 0.301 e. The van der Waals surface area contributed by atoms with Crippen molar-refractivity contribution in [3.63, 3.8) is 0 Å². The Morgan fingerprint density at radius 3 is 2.38 bits per heavy atom. The minimum absolute atomic E-state index is 0.384. The molecule has 0 saturated carbocycles. The molecule has 1 rings (SSSR count). The molecular formula is C5H9F3N2O2S. The zero-order chi connectivity index (χ0) is 10.1. The summed E-state index contributed by atoms with van der Waals surface area (Å²) in [6, 6.07) is 0. The summed E-state index contributed by atoms with van der Waals surface area (Å²) < 4.78 is 58.0. The number of hydrogen-bond acceptors (Lipinski definition) is 3. The summed E-state index contributed by atoms with van der Waals surface area (Å²) in [7, 11) is -5.19. The zero-order valence-electron chi connectivity index (χ0n) is 6.56. The Bertz CT molecular complexity index is 268. The molecule has 1 heterocycles. The highest BCUT2D eigenvalue weighted by molar-refractivity contribution is 7.90. The van der Waals surface area contributed by atoms with Gasteiger partial charge in [0.25, 0.3) is 0 Å². The third-order valence-corrected chi connectivity index (χ3v) is 2.87. The van der Waals surface area contributed by atoms with Gasteiger partial charge in [-0.3, -0.25) is 0 Å². The van der Waals surface area contributed by atoms with Crippen molar-refractivity contribution in [1.82, 2.24) is 10.0 Å². The first-order valence-electron chi connectivity index (χ1n) is 3.65. The molecule has 4 nitrogen and oxygen atoms in total. The van der Waals surface area contributed by atoms with E-state index in [1.165, 1.54) is 4.72 Å². The Balaban J connectivity index is 2.62. The van der Waals surface area contributed by atoms with Gasteiger partial charge >= 0.3 is 15.5 Å². The fourth-order valence-corrected chi connectivity index (χ4v) is 1.75. The lowest BCUT2D eigenvalue weighted by Crippen LogP contribution is -2.46. The van der Waals surface area contributed by atoms with Gasteiger partial charge < -0.3 is 5.32 Å². The number of rotatable bonds is 2.